The summed E-state index contributed by atoms with van der Waals surface area (Å²) in [5, 5.41) is 0.379. The van der Waals surface area contributed by atoms with E-state index in [0.29, 0.717) is 29.4 Å². The van der Waals surface area contributed by atoms with Crippen LogP contribution < -0.4 is 14.2 Å². The highest BCUT2D eigenvalue weighted by atomic mass is 32.2. The van der Waals surface area contributed by atoms with E-state index in [9.17, 15) is 17.6 Å². The molecule has 12 heteroatoms. The first-order valence-corrected chi connectivity index (χ1v) is 10.8. The molecule has 10 nitrogen and oxygen atoms in total. The van der Waals surface area contributed by atoms with Crippen molar-refractivity contribution in [3.8, 4) is 11.6 Å². The number of fused-ring (bicyclic) bond motifs is 3. The molecular formula is C19H20FN5O5S. The summed E-state index contributed by atoms with van der Waals surface area (Å²) in [6.07, 6.45) is 3.21. The van der Waals surface area contributed by atoms with Crippen molar-refractivity contribution < 1.29 is 27.1 Å². The minimum absolute atomic E-state index is 0.0391. The Kier molecular flexibility index (Phi) is 5.39. The Labute approximate surface area is 177 Å². The van der Waals surface area contributed by atoms with Gasteiger partial charge in [-0.1, -0.05) is 12.1 Å². The van der Waals surface area contributed by atoms with E-state index in [-0.39, 0.29) is 35.0 Å². The van der Waals surface area contributed by atoms with E-state index in [2.05, 4.69) is 19.7 Å². The van der Waals surface area contributed by atoms with Crippen LogP contribution in [0.3, 0.4) is 0 Å². The molecule has 164 valence electrons. The number of anilines is 1. The molecule has 1 aliphatic heterocycles. The Morgan fingerprint density at radius 2 is 2.16 bits per heavy atom. The summed E-state index contributed by atoms with van der Waals surface area (Å²) in [7, 11) is -1.07. The molecule has 0 saturated heterocycles. The minimum atomic E-state index is -4.10. The summed E-state index contributed by atoms with van der Waals surface area (Å²) in [5.41, 5.74) is 1.80. The van der Waals surface area contributed by atoms with Gasteiger partial charge in [0, 0.05) is 25.2 Å². The lowest BCUT2D eigenvalue weighted by Crippen LogP contribution is -2.34. The molecule has 0 fully saturated rings. The molecule has 2 N–H and O–H groups in total. The zero-order valence-electron chi connectivity index (χ0n) is 16.8. The van der Waals surface area contributed by atoms with Gasteiger partial charge in [-0.05, 0) is 12.0 Å². The monoisotopic (exact) mass is 449 g/mol. The number of hydrogen-bond donors (Lipinski definition) is 2. The maximum Gasteiger partial charge on any atom is 0.266 e. The maximum absolute atomic E-state index is 13.0. The standard InChI is InChI=1S/C19H20FN5O5S/c1-25-7-5-11-3-4-12-14(10-21-16(12)15(11)18(25)26)31(27,28)24-19-22-9-13(30-8-6-20)17(23-19)29-2/h3-4,9-10,21H,5-8H2,1-2H3,(H,22,23,24). The molecule has 2 aromatic heterocycles. The fraction of sp³-hybridized carbons (Fsp3) is 0.316. The number of aromatic nitrogens is 3. The van der Waals surface area contributed by atoms with Crippen LogP contribution in [0.1, 0.15) is 15.9 Å². The number of hydrogen-bond acceptors (Lipinski definition) is 7. The third kappa shape index (κ3) is 3.74. The number of carbonyl (C=O) groups is 1. The average Bonchev–Trinajstić information content (AvgIpc) is 3.20. The lowest BCUT2D eigenvalue weighted by molar-refractivity contribution is 0.0783. The summed E-state index contributed by atoms with van der Waals surface area (Å²) in [6.45, 7) is -0.312. The number of amides is 1. The lowest BCUT2D eigenvalue weighted by Gasteiger charge is -2.25. The second-order valence-corrected chi connectivity index (χ2v) is 8.51. The third-order valence-corrected chi connectivity index (χ3v) is 6.32. The molecule has 3 aromatic rings. The number of carbonyl (C=O) groups excluding carboxylic acids is 1. The van der Waals surface area contributed by atoms with Crippen molar-refractivity contribution >= 4 is 32.8 Å². The number of aromatic amines is 1. The number of likely N-dealkylation sites (N-methyl/N-ethyl adjacent to an activating group) is 1. The summed E-state index contributed by atoms with van der Waals surface area (Å²) in [4.78, 5) is 25.0. The highest BCUT2D eigenvalue weighted by Crippen LogP contribution is 2.32. The molecule has 0 radical (unpaired) electrons. The molecule has 0 bridgehead atoms. The number of sulfonamides is 1. The van der Waals surface area contributed by atoms with Gasteiger partial charge in [-0.2, -0.15) is 4.98 Å². The highest BCUT2D eigenvalue weighted by Gasteiger charge is 2.28. The molecule has 0 saturated carbocycles. The van der Waals surface area contributed by atoms with Crippen LogP contribution in [0.2, 0.25) is 0 Å². The van der Waals surface area contributed by atoms with E-state index in [1.165, 1.54) is 19.5 Å². The van der Waals surface area contributed by atoms with E-state index in [4.69, 9.17) is 9.47 Å². The molecule has 4 rings (SSSR count). The van der Waals surface area contributed by atoms with Crippen molar-refractivity contribution in [3.05, 3.63) is 35.7 Å². The summed E-state index contributed by atoms with van der Waals surface area (Å²) in [6, 6.07) is 3.44. The topological polar surface area (TPSA) is 127 Å². The zero-order valence-corrected chi connectivity index (χ0v) is 17.6. The molecular weight excluding hydrogens is 429 g/mol. The number of H-pyrrole nitrogens is 1. The molecule has 31 heavy (non-hydrogen) atoms. The van der Waals surface area contributed by atoms with Crippen molar-refractivity contribution in [1.82, 2.24) is 19.9 Å². The van der Waals surface area contributed by atoms with E-state index < -0.39 is 16.7 Å². The first kappa shape index (κ1) is 20.8. The van der Waals surface area contributed by atoms with E-state index in [1.54, 1.807) is 24.1 Å². The number of benzene rings is 1. The van der Waals surface area contributed by atoms with Crippen molar-refractivity contribution in [2.24, 2.45) is 0 Å². The van der Waals surface area contributed by atoms with Crippen LogP contribution in [0.15, 0.2) is 29.4 Å². The van der Waals surface area contributed by atoms with Gasteiger partial charge in [0.05, 0.1) is 24.4 Å². The number of halogens is 1. The first-order chi connectivity index (χ1) is 14.9. The van der Waals surface area contributed by atoms with Crippen LogP contribution in [-0.4, -0.2) is 68.2 Å². The Balaban J connectivity index is 1.69. The number of alkyl halides is 1. The Morgan fingerprint density at radius 1 is 1.35 bits per heavy atom. The zero-order chi connectivity index (χ0) is 22.2. The van der Waals surface area contributed by atoms with Gasteiger partial charge in [-0.3, -0.25) is 4.79 Å². The molecule has 1 amide bonds. The summed E-state index contributed by atoms with van der Waals surface area (Å²) >= 11 is 0. The SMILES string of the molecule is COc1nc(NS(=O)(=O)c2c[nH]c3c4c(ccc23)CCN(C)C4=O)ncc1OCCF. The number of ether oxygens (including phenoxy) is 2. The lowest BCUT2D eigenvalue weighted by atomic mass is 9.97. The molecule has 0 atom stereocenters. The van der Waals surface area contributed by atoms with Gasteiger partial charge in [-0.25, -0.2) is 22.5 Å². The maximum atomic E-state index is 13.0. The van der Waals surface area contributed by atoms with Gasteiger partial charge in [0.25, 0.3) is 21.8 Å². The minimum Gasteiger partial charge on any atom is -0.484 e. The van der Waals surface area contributed by atoms with Gasteiger partial charge < -0.3 is 19.4 Å². The molecule has 0 unspecified atom stereocenters. The van der Waals surface area contributed by atoms with Gasteiger partial charge >= 0.3 is 0 Å². The highest BCUT2D eigenvalue weighted by molar-refractivity contribution is 7.93. The van der Waals surface area contributed by atoms with Crippen molar-refractivity contribution in [3.63, 3.8) is 0 Å². The first-order valence-electron chi connectivity index (χ1n) is 9.36. The molecule has 1 aromatic carbocycles. The van der Waals surface area contributed by atoms with E-state index in [1.807, 2.05) is 0 Å². The van der Waals surface area contributed by atoms with Crippen LogP contribution in [0.25, 0.3) is 10.9 Å². The normalized spacial score (nSPS) is 13.9. The Hall–Kier alpha value is -3.41. The average molecular weight is 449 g/mol. The van der Waals surface area contributed by atoms with E-state index in [0.717, 1.165) is 5.56 Å². The van der Waals surface area contributed by atoms with Gasteiger partial charge in [0.1, 0.15) is 18.2 Å². The predicted molar refractivity (Wildman–Crippen MR) is 110 cm³/mol. The second kappa shape index (κ2) is 8.02. The number of rotatable bonds is 7. The molecule has 1 aliphatic rings. The van der Waals surface area contributed by atoms with Gasteiger partial charge in [0.2, 0.25) is 5.95 Å². The van der Waals surface area contributed by atoms with Crippen LogP contribution in [0, 0.1) is 0 Å². The number of nitrogens with zero attached hydrogens (tertiary/aromatic N) is 3. The van der Waals surface area contributed by atoms with Gasteiger partial charge in [-0.15, -0.1) is 0 Å². The summed E-state index contributed by atoms with van der Waals surface area (Å²) < 4.78 is 50.8. The van der Waals surface area contributed by atoms with Crippen molar-refractivity contribution in [2.75, 3.05) is 38.7 Å². The third-order valence-electron chi connectivity index (χ3n) is 4.95. The van der Waals surface area contributed by atoms with Crippen LogP contribution >= 0.6 is 0 Å². The van der Waals surface area contributed by atoms with Crippen molar-refractivity contribution in [2.45, 2.75) is 11.3 Å². The second-order valence-electron chi connectivity index (χ2n) is 6.86. The van der Waals surface area contributed by atoms with Crippen LogP contribution in [-0.2, 0) is 16.4 Å². The van der Waals surface area contributed by atoms with Crippen LogP contribution in [0.4, 0.5) is 10.3 Å². The predicted octanol–water partition coefficient (Wildman–Crippen LogP) is 1.74. The fourth-order valence-corrected chi connectivity index (χ4v) is 4.57. The Bertz CT molecular complexity index is 1260. The van der Waals surface area contributed by atoms with Crippen LogP contribution in [0.5, 0.6) is 11.6 Å². The molecule has 3 heterocycles. The molecule has 0 spiro atoms. The number of nitrogens with one attached hydrogen (secondary N) is 2. The molecule has 0 aliphatic carbocycles. The fourth-order valence-electron chi connectivity index (χ4n) is 3.45. The largest absolute Gasteiger partial charge is 0.484 e. The van der Waals surface area contributed by atoms with Crippen molar-refractivity contribution in [1.29, 1.82) is 0 Å². The van der Waals surface area contributed by atoms with E-state index >= 15 is 0 Å². The smallest absolute Gasteiger partial charge is 0.266 e. The number of methoxy groups -OCH3 is 1. The Morgan fingerprint density at radius 3 is 2.90 bits per heavy atom. The quantitative estimate of drug-likeness (QED) is 0.563. The summed E-state index contributed by atoms with van der Waals surface area (Å²) in [5.74, 6) is -0.359. The van der Waals surface area contributed by atoms with Gasteiger partial charge in [0.15, 0.2) is 5.75 Å².